The van der Waals surface area contributed by atoms with Gasteiger partial charge in [0.1, 0.15) is 5.75 Å². The monoisotopic (exact) mass is 379 g/mol. The Kier molecular flexibility index (Phi) is 4.73. The highest BCUT2D eigenvalue weighted by atomic mass is 19.4. The Balaban J connectivity index is 1.88. The average Bonchev–Trinajstić information content (AvgIpc) is 3.03. The van der Waals surface area contributed by atoms with Gasteiger partial charge in [-0.3, -0.25) is 4.79 Å². The third-order valence-corrected chi connectivity index (χ3v) is 3.99. The van der Waals surface area contributed by atoms with Crippen LogP contribution in [0.2, 0.25) is 0 Å². The van der Waals surface area contributed by atoms with Crippen molar-refractivity contribution in [1.82, 2.24) is 19.6 Å². The minimum Gasteiger partial charge on any atom is -0.497 e. The Bertz CT molecular complexity index is 1010. The second kappa shape index (κ2) is 6.86. The molecule has 27 heavy (non-hydrogen) atoms. The second-order valence-electron chi connectivity index (χ2n) is 5.86. The van der Waals surface area contributed by atoms with Gasteiger partial charge in [0, 0.05) is 28.7 Å². The van der Waals surface area contributed by atoms with E-state index in [-0.39, 0.29) is 18.1 Å². The standard InChI is InChI=1S/C17H16F3N5O2/c1-9-13(8-14(26)22-11-5-4-6-12(7-11)27-3)10(2)25-16(21-9)23-15(24-25)17(18,19)20/h4-7H,8H2,1-3H3,(H,22,26). The highest BCUT2D eigenvalue weighted by Crippen LogP contribution is 2.27. The third-order valence-electron chi connectivity index (χ3n) is 3.99. The van der Waals surface area contributed by atoms with E-state index >= 15 is 0 Å². The predicted octanol–water partition coefficient (Wildman–Crippen LogP) is 2.95. The molecule has 1 amide bonds. The summed E-state index contributed by atoms with van der Waals surface area (Å²) >= 11 is 0. The largest absolute Gasteiger partial charge is 0.497 e. The molecule has 0 saturated heterocycles. The molecule has 0 fully saturated rings. The Morgan fingerprint density at radius 2 is 2.00 bits per heavy atom. The number of fused-ring (bicyclic) bond motifs is 1. The summed E-state index contributed by atoms with van der Waals surface area (Å²) in [7, 11) is 1.52. The quantitative estimate of drug-likeness (QED) is 0.754. The molecule has 142 valence electrons. The molecule has 0 unspecified atom stereocenters. The number of alkyl halides is 3. The zero-order valence-corrected chi connectivity index (χ0v) is 14.8. The lowest BCUT2D eigenvalue weighted by Crippen LogP contribution is -2.17. The number of halogens is 3. The van der Waals surface area contributed by atoms with Crippen LogP contribution in [0.4, 0.5) is 18.9 Å². The van der Waals surface area contributed by atoms with Crippen LogP contribution in [0.3, 0.4) is 0 Å². The highest BCUT2D eigenvalue weighted by Gasteiger charge is 2.37. The van der Waals surface area contributed by atoms with Crippen LogP contribution in [0.15, 0.2) is 24.3 Å². The van der Waals surface area contributed by atoms with Crippen molar-refractivity contribution in [3.05, 3.63) is 47.0 Å². The lowest BCUT2D eigenvalue weighted by molar-refractivity contribution is -0.144. The molecule has 0 aliphatic carbocycles. The molecule has 1 N–H and O–H groups in total. The van der Waals surface area contributed by atoms with Gasteiger partial charge >= 0.3 is 6.18 Å². The first-order valence-corrected chi connectivity index (χ1v) is 7.93. The van der Waals surface area contributed by atoms with E-state index < -0.39 is 12.0 Å². The van der Waals surface area contributed by atoms with Gasteiger partial charge in [-0.2, -0.15) is 18.2 Å². The number of carbonyl (C=O) groups is 1. The number of carbonyl (C=O) groups excluding carboxylic acids is 1. The topological polar surface area (TPSA) is 81.4 Å². The molecule has 7 nitrogen and oxygen atoms in total. The van der Waals surface area contributed by atoms with E-state index in [1.165, 1.54) is 7.11 Å². The third kappa shape index (κ3) is 3.83. The number of nitrogens with zero attached hydrogens (tertiary/aromatic N) is 4. The maximum Gasteiger partial charge on any atom is 0.453 e. The molecule has 1 aromatic carbocycles. The molecule has 0 bridgehead atoms. The van der Waals surface area contributed by atoms with Crippen molar-refractivity contribution in [2.24, 2.45) is 0 Å². The van der Waals surface area contributed by atoms with E-state index in [1.807, 2.05) is 0 Å². The molecule has 0 aliphatic heterocycles. The fourth-order valence-electron chi connectivity index (χ4n) is 2.65. The lowest BCUT2D eigenvalue weighted by Gasteiger charge is -2.11. The number of aromatic nitrogens is 4. The number of methoxy groups -OCH3 is 1. The van der Waals surface area contributed by atoms with Crippen LogP contribution in [-0.2, 0) is 17.4 Å². The normalized spacial score (nSPS) is 11.6. The summed E-state index contributed by atoms with van der Waals surface area (Å²) in [5.41, 5.74) is 1.83. The predicted molar refractivity (Wildman–Crippen MR) is 90.6 cm³/mol. The van der Waals surface area contributed by atoms with Crippen LogP contribution in [0.25, 0.3) is 5.78 Å². The van der Waals surface area contributed by atoms with Crippen LogP contribution in [-0.4, -0.2) is 32.6 Å². The summed E-state index contributed by atoms with van der Waals surface area (Å²) in [5, 5.41) is 6.19. The molecular formula is C17H16F3N5O2. The number of amides is 1. The molecule has 3 aromatic rings. The molecule has 0 saturated carbocycles. The number of anilines is 1. The van der Waals surface area contributed by atoms with E-state index in [2.05, 4.69) is 20.4 Å². The molecule has 3 rings (SSSR count). The number of rotatable bonds is 4. The van der Waals surface area contributed by atoms with Crippen molar-refractivity contribution in [3.8, 4) is 5.75 Å². The molecule has 0 spiro atoms. The van der Waals surface area contributed by atoms with Crippen molar-refractivity contribution in [3.63, 3.8) is 0 Å². The molecule has 0 aliphatic rings. The Labute approximate surface area is 152 Å². The van der Waals surface area contributed by atoms with E-state index in [9.17, 15) is 18.0 Å². The van der Waals surface area contributed by atoms with Gasteiger partial charge < -0.3 is 10.1 Å². The average molecular weight is 379 g/mol. The molecule has 0 atom stereocenters. The number of ether oxygens (including phenoxy) is 1. The number of hydrogen-bond donors (Lipinski definition) is 1. The fraction of sp³-hybridized carbons (Fsp3) is 0.294. The van der Waals surface area contributed by atoms with Gasteiger partial charge in [0.05, 0.1) is 13.5 Å². The number of benzene rings is 1. The maximum atomic E-state index is 12.8. The first-order chi connectivity index (χ1) is 12.7. The number of hydrogen-bond acceptors (Lipinski definition) is 5. The molecule has 10 heteroatoms. The summed E-state index contributed by atoms with van der Waals surface area (Å²) in [5.74, 6) is -1.18. The van der Waals surface area contributed by atoms with Crippen LogP contribution in [0.1, 0.15) is 22.8 Å². The van der Waals surface area contributed by atoms with Crippen molar-refractivity contribution >= 4 is 17.4 Å². The first-order valence-electron chi connectivity index (χ1n) is 7.93. The van der Waals surface area contributed by atoms with Crippen LogP contribution >= 0.6 is 0 Å². The van der Waals surface area contributed by atoms with Gasteiger partial charge in [0.2, 0.25) is 5.91 Å². The molecule has 2 heterocycles. The van der Waals surface area contributed by atoms with Gasteiger partial charge in [0.25, 0.3) is 11.6 Å². The smallest absolute Gasteiger partial charge is 0.453 e. The minimum atomic E-state index is -4.67. The Morgan fingerprint density at radius 1 is 1.26 bits per heavy atom. The Morgan fingerprint density at radius 3 is 2.67 bits per heavy atom. The van der Waals surface area contributed by atoms with Crippen LogP contribution in [0, 0.1) is 13.8 Å². The van der Waals surface area contributed by atoms with Gasteiger partial charge in [-0.15, -0.1) is 5.10 Å². The van der Waals surface area contributed by atoms with Crippen molar-refractivity contribution in [2.45, 2.75) is 26.4 Å². The van der Waals surface area contributed by atoms with Gasteiger partial charge in [-0.05, 0) is 26.0 Å². The van der Waals surface area contributed by atoms with Gasteiger partial charge in [0.15, 0.2) is 0 Å². The van der Waals surface area contributed by atoms with Gasteiger partial charge in [-0.25, -0.2) is 9.50 Å². The zero-order valence-electron chi connectivity index (χ0n) is 14.8. The summed E-state index contributed by atoms with van der Waals surface area (Å²) in [6, 6.07) is 6.83. The maximum absolute atomic E-state index is 12.8. The van der Waals surface area contributed by atoms with E-state index in [0.29, 0.717) is 28.4 Å². The first kappa shape index (κ1) is 18.6. The molecule has 2 aromatic heterocycles. The zero-order chi connectivity index (χ0) is 19.8. The van der Waals surface area contributed by atoms with E-state index in [4.69, 9.17) is 4.74 Å². The van der Waals surface area contributed by atoms with Crippen molar-refractivity contribution in [2.75, 3.05) is 12.4 Å². The van der Waals surface area contributed by atoms with Crippen LogP contribution < -0.4 is 10.1 Å². The number of nitrogens with one attached hydrogen (secondary N) is 1. The summed E-state index contributed by atoms with van der Waals surface area (Å²) in [6.07, 6.45) is -4.74. The molecule has 0 radical (unpaired) electrons. The molecular weight excluding hydrogens is 363 g/mol. The SMILES string of the molecule is COc1cccc(NC(=O)Cc2c(C)nc3nc(C(F)(F)F)nn3c2C)c1. The Hall–Kier alpha value is -3.17. The van der Waals surface area contributed by atoms with E-state index in [0.717, 1.165) is 4.52 Å². The fourth-order valence-corrected chi connectivity index (χ4v) is 2.65. The second-order valence-corrected chi connectivity index (χ2v) is 5.86. The van der Waals surface area contributed by atoms with Crippen molar-refractivity contribution in [1.29, 1.82) is 0 Å². The highest BCUT2D eigenvalue weighted by molar-refractivity contribution is 5.92. The summed E-state index contributed by atoms with van der Waals surface area (Å²) < 4.78 is 44.6. The number of aryl methyl sites for hydroxylation is 2. The van der Waals surface area contributed by atoms with Crippen molar-refractivity contribution < 1.29 is 22.7 Å². The summed E-state index contributed by atoms with van der Waals surface area (Å²) in [6.45, 7) is 3.19. The minimum absolute atomic E-state index is 0.0704. The van der Waals surface area contributed by atoms with Gasteiger partial charge in [-0.1, -0.05) is 6.07 Å². The van der Waals surface area contributed by atoms with E-state index in [1.54, 1.807) is 38.1 Å². The summed E-state index contributed by atoms with van der Waals surface area (Å²) in [4.78, 5) is 19.8. The van der Waals surface area contributed by atoms with Crippen LogP contribution in [0.5, 0.6) is 5.75 Å². The lowest BCUT2D eigenvalue weighted by atomic mass is 10.1.